The van der Waals surface area contributed by atoms with Crippen molar-refractivity contribution in [1.82, 2.24) is 44.9 Å². The minimum absolute atomic E-state index is 0. The molecule has 2 aliphatic heterocycles. The number of carbonyl (C=O) groups is 1. The minimum Gasteiger partial charge on any atom is -0.368 e. The summed E-state index contributed by atoms with van der Waals surface area (Å²) in [6, 6.07) is 5.90. The third kappa shape index (κ3) is 7.32. The lowest BCUT2D eigenvalue weighted by atomic mass is 9.86. The number of piperidine rings is 1. The fourth-order valence-electron chi connectivity index (χ4n) is 6.24. The Kier molecular flexibility index (Phi) is 10.0. The first-order valence-electron chi connectivity index (χ1n) is 14.9. The van der Waals surface area contributed by atoms with Crippen molar-refractivity contribution in [2.24, 2.45) is 5.92 Å². The first-order valence-corrected chi connectivity index (χ1v) is 14.9. The number of rotatable bonds is 10. The van der Waals surface area contributed by atoms with Crippen LogP contribution in [0.2, 0.25) is 0 Å². The molecule has 2 saturated heterocycles. The van der Waals surface area contributed by atoms with E-state index in [9.17, 15) is 4.79 Å². The van der Waals surface area contributed by atoms with Crippen LogP contribution in [0.4, 0.5) is 5.82 Å². The number of halogens is 1. The Morgan fingerprint density at radius 2 is 1.83 bits per heavy atom. The molecule has 3 aromatic heterocycles. The molecule has 3 aliphatic rings. The molecule has 1 amide bonds. The molecule has 0 atom stereocenters. The van der Waals surface area contributed by atoms with Crippen molar-refractivity contribution in [1.29, 1.82) is 0 Å². The summed E-state index contributed by atoms with van der Waals surface area (Å²) in [6.07, 6.45) is 8.89. The van der Waals surface area contributed by atoms with Crippen LogP contribution in [0.1, 0.15) is 54.3 Å². The predicted octanol–water partition coefficient (Wildman–Crippen LogP) is 2.50. The number of fused-ring (bicyclic) bond motifs is 1. The van der Waals surface area contributed by atoms with Gasteiger partial charge in [-0.3, -0.25) is 4.79 Å². The van der Waals surface area contributed by atoms with E-state index in [0.29, 0.717) is 5.69 Å². The number of nitrogens with one attached hydrogen (secondary N) is 3. The van der Waals surface area contributed by atoms with Crippen LogP contribution in [0.15, 0.2) is 30.9 Å². The molecule has 6 rings (SSSR count). The van der Waals surface area contributed by atoms with E-state index >= 15 is 0 Å². The lowest BCUT2D eigenvalue weighted by molar-refractivity contribution is 0.0889. The highest BCUT2D eigenvalue weighted by Crippen LogP contribution is 2.35. The van der Waals surface area contributed by atoms with E-state index in [1.54, 1.807) is 12.4 Å². The zero-order valence-corrected chi connectivity index (χ0v) is 24.8. The maximum atomic E-state index is 12.5. The lowest BCUT2D eigenvalue weighted by Crippen LogP contribution is -2.48. The standard InChI is InChI=1S/C29H42N10O.ClH/c1-21-4-2-5-25(35-21)29(40)36-23-16-24(17-23)39-20-34-26-27(32-19-33-28(26)39)31-8-3-11-37-12-14-38(15-13-37)18-22-6-9-30-10-7-22;/h2,4-5,19-20,22-24,30H,3,6-18H2,1H3,(H,36,40)(H,31,32,33);1H. The molecule has 3 aromatic rings. The van der Waals surface area contributed by atoms with Crippen molar-refractivity contribution in [3.63, 3.8) is 0 Å². The number of pyridine rings is 1. The van der Waals surface area contributed by atoms with Gasteiger partial charge in [0.05, 0.1) is 6.33 Å². The van der Waals surface area contributed by atoms with Crippen molar-refractivity contribution in [2.75, 3.05) is 64.2 Å². The Labute approximate surface area is 248 Å². The van der Waals surface area contributed by atoms with Gasteiger partial charge >= 0.3 is 0 Å². The Bertz CT molecular complexity index is 1280. The Hall–Kier alpha value is -2.86. The molecule has 0 spiro atoms. The van der Waals surface area contributed by atoms with Gasteiger partial charge in [-0.15, -0.1) is 12.4 Å². The Morgan fingerprint density at radius 1 is 1.05 bits per heavy atom. The number of amides is 1. The van der Waals surface area contributed by atoms with Gasteiger partial charge in [0.15, 0.2) is 11.5 Å². The molecule has 1 saturated carbocycles. The second kappa shape index (κ2) is 13.9. The molecule has 11 nitrogen and oxygen atoms in total. The second-order valence-corrected chi connectivity index (χ2v) is 11.6. The monoisotopic (exact) mass is 582 g/mol. The van der Waals surface area contributed by atoms with Crippen molar-refractivity contribution >= 4 is 35.3 Å². The largest absolute Gasteiger partial charge is 0.368 e. The Balaban J connectivity index is 0.00000337. The van der Waals surface area contributed by atoms with Crippen molar-refractivity contribution in [2.45, 2.75) is 51.1 Å². The van der Waals surface area contributed by atoms with Gasteiger partial charge in [0.2, 0.25) is 0 Å². The van der Waals surface area contributed by atoms with Crippen LogP contribution in [-0.4, -0.2) is 105 Å². The summed E-state index contributed by atoms with van der Waals surface area (Å²) in [5.41, 5.74) is 2.96. The molecule has 1 aliphatic carbocycles. The van der Waals surface area contributed by atoms with Crippen LogP contribution >= 0.6 is 12.4 Å². The van der Waals surface area contributed by atoms with Crippen molar-refractivity contribution < 1.29 is 4.79 Å². The van der Waals surface area contributed by atoms with Gasteiger partial charge in [0.25, 0.3) is 5.91 Å². The highest BCUT2D eigenvalue weighted by Gasteiger charge is 2.33. The summed E-state index contributed by atoms with van der Waals surface area (Å²) in [5.74, 6) is 1.55. The van der Waals surface area contributed by atoms with E-state index in [1.165, 1.54) is 45.6 Å². The number of anilines is 1. The second-order valence-electron chi connectivity index (χ2n) is 11.6. The van der Waals surface area contributed by atoms with E-state index in [-0.39, 0.29) is 30.4 Å². The first-order chi connectivity index (χ1) is 19.6. The van der Waals surface area contributed by atoms with E-state index in [1.807, 2.05) is 25.4 Å². The van der Waals surface area contributed by atoms with Gasteiger partial charge in [-0.05, 0) is 76.7 Å². The molecule has 5 heterocycles. The Morgan fingerprint density at radius 3 is 2.61 bits per heavy atom. The first kappa shape index (κ1) is 29.6. The van der Waals surface area contributed by atoms with Crippen LogP contribution in [0.5, 0.6) is 0 Å². The quantitative estimate of drug-likeness (QED) is 0.310. The van der Waals surface area contributed by atoms with Gasteiger partial charge in [-0.1, -0.05) is 6.07 Å². The number of aromatic nitrogens is 5. The molecule has 222 valence electrons. The molecule has 0 unspecified atom stereocenters. The number of imidazole rings is 1. The molecule has 41 heavy (non-hydrogen) atoms. The fourth-order valence-corrected chi connectivity index (χ4v) is 6.24. The number of carbonyl (C=O) groups excluding carboxylic acids is 1. The van der Waals surface area contributed by atoms with Gasteiger partial charge in [0.1, 0.15) is 17.5 Å². The molecular formula is C29H43ClN10O. The number of piperazine rings is 1. The van der Waals surface area contributed by atoms with Crippen LogP contribution in [0.3, 0.4) is 0 Å². The lowest BCUT2D eigenvalue weighted by Gasteiger charge is -2.37. The maximum Gasteiger partial charge on any atom is 0.270 e. The van der Waals surface area contributed by atoms with E-state index in [4.69, 9.17) is 0 Å². The average Bonchev–Trinajstić information content (AvgIpc) is 3.38. The highest BCUT2D eigenvalue weighted by atomic mass is 35.5. The fraction of sp³-hybridized carbons (Fsp3) is 0.621. The average molecular weight is 583 g/mol. The van der Waals surface area contributed by atoms with E-state index in [2.05, 4.69) is 50.3 Å². The van der Waals surface area contributed by atoms with Gasteiger partial charge in [-0.25, -0.2) is 19.9 Å². The molecule has 0 radical (unpaired) electrons. The SMILES string of the molecule is Cc1cccc(C(=O)NC2CC(n3cnc4c(NCCCN5CCN(CC6CCNCC6)CC5)ncnc43)C2)n1.Cl. The highest BCUT2D eigenvalue weighted by molar-refractivity contribution is 5.92. The minimum atomic E-state index is -0.115. The number of hydrogen-bond donors (Lipinski definition) is 3. The smallest absolute Gasteiger partial charge is 0.270 e. The predicted molar refractivity (Wildman–Crippen MR) is 163 cm³/mol. The van der Waals surface area contributed by atoms with Gasteiger partial charge < -0.3 is 30.3 Å². The third-order valence-electron chi connectivity index (χ3n) is 8.71. The zero-order valence-electron chi connectivity index (χ0n) is 24.0. The normalized spacial score (nSPS) is 22.2. The third-order valence-corrected chi connectivity index (χ3v) is 8.71. The van der Waals surface area contributed by atoms with Crippen LogP contribution < -0.4 is 16.0 Å². The molecule has 3 N–H and O–H groups in total. The molecule has 0 bridgehead atoms. The topological polar surface area (TPSA) is 116 Å². The maximum absolute atomic E-state index is 12.5. The van der Waals surface area contributed by atoms with E-state index in [0.717, 1.165) is 74.0 Å². The number of aryl methyl sites for hydroxylation is 1. The summed E-state index contributed by atoms with van der Waals surface area (Å²) in [6.45, 7) is 12.2. The summed E-state index contributed by atoms with van der Waals surface area (Å²) < 4.78 is 2.12. The molecular weight excluding hydrogens is 540 g/mol. The summed E-state index contributed by atoms with van der Waals surface area (Å²) in [4.78, 5) is 35.8. The van der Waals surface area contributed by atoms with Crippen LogP contribution in [-0.2, 0) is 0 Å². The molecule has 3 fully saturated rings. The summed E-state index contributed by atoms with van der Waals surface area (Å²) in [7, 11) is 0. The van der Waals surface area contributed by atoms with Gasteiger partial charge in [0, 0.05) is 57.0 Å². The number of hydrogen-bond acceptors (Lipinski definition) is 9. The summed E-state index contributed by atoms with van der Waals surface area (Å²) in [5, 5.41) is 10.1. The van der Waals surface area contributed by atoms with Crippen LogP contribution in [0, 0.1) is 12.8 Å². The number of nitrogens with zero attached hydrogens (tertiary/aromatic N) is 7. The molecule has 0 aromatic carbocycles. The van der Waals surface area contributed by atoms with Crippen molar-refractivity contribution in [3.05, 3.63) is 42.2 Å². The van der Waals surface area contributed by atoms with Crippen LogP contribution in [0.25, 0.3) is 11.2 Å². The zero-order chi connectivity index (χ0) is 27.3. The summed E-state index contributed by atoms with van der Waals surface area (Å²) >= 11 is 0. The molecule has 12 heteroatoms. The van der Waals surface area contributed by atoms with Crippen molar-refractivity contribution in [3.8, 4) is 0 Å². The van der Waals surface area contributed by atoms with Gasteiger partial charge in [-0.2, -0.15) is 0 Å². The van der Waals surface area contributed by atoms with E-state index < -0.39 is 0 Å².